The predicted octanol–water partition coefficient (Wildman–Crippen LogP) is 3.77. The van der Waals surface area contributed by atoms with E-state index >= 15 is 0 Å². The summed E-state index contributed by atoms with van der Waals surface area (Å²) in [5.41, 5.74) is 1.99. The summed E-state index contributed by atoms with van der Waals surface area (Å²) in [4.78, 5) is 19.3. The molecule has 0 aliphatic carbocycles. The van der Waals surface area contributed by atoms with Crippen molar-refractivity contribution in [3.05, 3.63) is 63.1 Å². The van der Waals surface area contributed by atoms with Gasteiger partial charge in [0.05, 0.1) is 5.69 Å². The maximum Gasteiger partial charge on any atom is 0.254 e. The van der Waals surface area contributed by atoms with E-state index in [2.05, 4.69) is 25.9 Å². The summed E-state index contributed by atoms with van der Waals surface area (Å²) in [5, 5.41) is 0. The molecule has 4 nitrogen and oxygen atoms in total. The number of nitrogens with one attached hydrogen (secondary N) is 1. The van der Waals surface area contributed by atoms with E-state index in [1.807, 2.05) is 30.3 Å². The number of H-pyrrole nitrogens is 1. The standard InChI is InChI=1S/C15H11BrN2O2/c1-9-13(10-5-3-2-4-6-10)17-14(18-15(9)19)11-7-8-12(16)20-11/h2-8H,1H3,(H,17,18,19). The fraction of sp³-hybridized carbons (Fsp3) is 0.0667. The number of hydrogen-bond acceptors (Lipinski definition) is 3. The first-order valence-corrected chi connectivity index (χ1v) is 6.86. The summed E-state index contributed by atoms with van der Waals surface area (Å²) in [5.74, 6) is 0.941. The van der Waals surface area contributed by atoms with Crippen LogP contribution in [0.2, 0.25) is 0 Å². The van der Waals surface area contributed by atoms with Gasteiger partial charge < -0.3 is 9.40 Å². The fourth-order valence-corrected chi connectivity index (χ4v) is 2.27. The molecule has 0 radical (unpaired) electrons. The highest BCUT2D eigenvalue weighted by atomic mass is 79.9. The molecule has 0 atom stereocenters. The van der Waals surface area contributed by atoms with Crippen molar-refractivity contribution in [1.29, 1.82) is 0 Å². The molecule has 3 aromatic rings. The van der Waals surface area contributed by atoms with E-state index in [0.29, 0.717) is 27.5 Å². The van der Waals surface area contributed by atoms with Crippen molar-refractivity contribution in [3.63, 3.8) is 0 Å². The maximum absolute atomic E-state index is 12.1. The lowest BCUT2D eigenvalue weighted by molar-refractivity contribution is 0.551. The molecule has 0 bridgehead atoms. The average Bonchev–Trinajstić information content (AvgIpc) is 2.89. The first-order valence-electron chi connectivity index (χ1n) is 6.07. The second-order valence-corrected chi connectivity index (χ2v) is 5.14. The van der Waals surface area contributed by atoms with Crippen molar-refractivity contribution >= 4 is 15.9 Å². The van der Waals surface area contributed by atoms with E-state index < -0.39 is 0 Å². The number of aromatic nitrogens is 2. The van der Waals surface area contributed by atoms with Crippen molar-refractivity contribution in [2.24, 2.45) is 0 Å². The summed E-state index contributed by atoms with van der Waals surface area (Å²) in [7, 11) is 0. The molecule has 3 rings (SSSR count). The Balaban J connectivity index is 2.21. The Morgan fingerprint density at radius 3 is 2.55 bits per heavy atom. The maximum atomic E-state index is 12.1. The van der Waals surface area contributed by atoms with Crippen LogP contribution < -0.4 is 5.56 Å². The molecule has 2 heterocycles. The van der Waals surface area contributed by atoms with Crippen molar-refractivity contribution in [1.82, 2.24) is 9.97 Å². The molecule has 20 heavy (non-hydrogen) atoms. The van der Waals surface area contributed by atoms with Gasteiger partial charge in [0, 0.05) is 11.1 Å². The number of hydrogen-bond donors (Lipinski definition) is 1. The number of aromatic amines is 1. The highest BCUT2D eigenvalue weighted by molar-refractivity contribution is 9.10. The van der Waals surface area contributed by atoms with Crippen LogP contribution in [-0.4, -0.2) is 9.97 Å². The molecule has 1 aromatic carbocycles. The van der Waals surface area contributed by atoms with E-state index in [1.165, 1.54) is 0 Å². The fourth-order valence-electron chi connectivity index (χ4n) is 1.97. The van der Waals surface area contributed by atoms with Gasteiger partial charge in [0.1, 0.15) is 0 Å². The summed E-state index contributed by atoms with van der Waals surface area (Å²) in [6, 6.07) is 13.1. The van der Waals surface area contributed by atoms with Gasteiger partial charge in [0.2, 0.25) is 0 Å². The van der Waals surface area contributed by atoms with Gasteiger partial charge in [0.25, 0.3) is 5.56 Å². The molecule has 0 aliphatic rings. The number of benzene rings is 1. The summed E-state index contributed by atoms with van der Waals surface area (Å²) in [6.07, 6.45) is 0. The van der Waals surface area contributed by atoms with Crippen molar-refractivity contribution in [2.45, 2.75) is 6.92 Å². The minimum atomic E-state index is -0.165. The Hall–Kier alpha value is -2.14. The molecular weight excluding hydrogens is 320 g/mol. The first kappa shape index (κ1) is 12.9. The summed E-state index contributed by atoms with van der Waals surface area (Å²) < 4.78 is 6.03. The third-order valence-electron chi connectivity index (χ3n) is 3.01. The topological polar surface area (TPSA) is 58.9 Å². The average molecular weight is 331 g/mol. The van der Waals surface area contributed by atoms with Crippen LogP contribution in [0, 0.1) is 6.92 Å². The van der Waals surface area contributed by atoms with Crippen molar-refractivity contribution in [3.8, 4) is 22.8 Å². The second-order valence-electron chi connectivity index (χ2n) is 4.36. The Morgan fingerprint density at radius 1 is 1.15 bits per heavy atom. The summed E-state index contributed by atoms with van der Waals surface area (Å²) in [6.45, 7) is 1.76. The van der Waals surface area contributed by atoms with Gasteiger partial charge >= 0.3 is 0 Å². The van der Waals surface area contributed by atoms with Gasteiger partial charge in [-0.05, 0) is 35.0 Å². The van der Waals surface area contributed by atoms with Crippen molar-refractivity contribution < 1.29 is 4.42 Å². The third kappa shape index (κ3) is 2.32. The Morgan fingerprint density at radius 2 is 1.90 bits per heavy atom. The predicted molar refractivity (Wildman–Crippen MR) is 80.4 cm³/mol. The first-order chi connectivity index (χ1) is 9.65. The zero-order valence-electron chi connectivity index (χ0n) is 10.7. The molecule has 2 aromatic heterocycles. The lowest BCUT2D eigenvalue weighted by Crippen LogP contribution is -2.14. The van der Waals surface area contributed by atoms with Crippen LogP contribution in [0.15, 0.2) is 56.3 Å². The van der Waals surface area contributed by atoms with Crippen LogP contribution in [0.3, 0.4) is 0 Å². The zero-order chi connectivity index (χ0) is 14.1. The van der Waals surface area contributed by atoms with E-state index in [0.717, 1.165) is 5.56 Å². The van der Waals surface area contributed by atoms with Crippen LogP contribution in [0.5, 0.6) is 0 Å². The largest absolute Gasteiger partial charge is 0.446 e. The normalized spacial score (nSPS) is 10.7. The SMILES string of the molecule is Cc1c(-c2ccccc2)nc(-c2ccc(Br)o2)[nH]c1=O. The van der Waals surface area contributed by atoms with Gasteiger partial charge in [-0.2, -0.15) is 0 Å². The third-order valence-corrected chi connectivity index (χ3v) is 3.43. The van der Waals surface area contributed by atoms with Crippen LogP contribution in [0.25, 0.3) is 22.8 Å². The number of nitrogens with zero attached hydrogens (tertiary/aromatic N) is 1. The molecular formula is C15H11BrN2O2. The molecule has 0 unspecified atom stereocenters. The van der Waals surface area contributed by atoms with E-state index in [1.54, 1.807) is 19.1 Å². The molecule has 5 heteroatoms. The summed E-state index contributed by atoms with van der Waals surface area (Å²) >= 11 is 3.24. The lowest BCUT2D eigenvalue weighted by Gasteiger charge is -2.06. The van der Waals surface area contributed by atoms with Crippen molar-refractivity contribution in [2.75, 3.05) is 0 Å². The van der Waals surface area contributed by atoms with E-state index in [-0.39, 0.29) is 5.56 Å². The van der Waals surface area contributed by atoms with Crippen LogP contribution in [0.1, 0.15) is 5.56 Å². The Labute approximate surface area is 123 Å². The minimum Gasteiger partial charge on any atom is -0.446 e. The molecule has 0 fully saturated rings. The van der Waals surface area contributed by atoms with Crippen LogP contribution in [0.4, 0.5) is 0 Å². The number of furan rings is 1. The van der Waals surface area contributed by atoms with Gasteiger partial charge in [-0.15, -0.1) is 0 Å². The second kappa shape index (κ2) is 5.09. The van der Waals surface area contributed by atoms with Crippen LogP contribution in [-0.2, 0) is 0 Å². The van der Waals surface area contributed by atoms with E-state index in [4.69, 9.17) is 4.42 Å². The lowest BCUT2D eigenvalue weighted by atomic mass is 10.1. The van der Waals surface area contributed by atoms with Gasteiger partial charge in [-0.25, -0.2) is 4.98 Å². The molecule has 0 saturated carbocycles. The number of halogens is 1. The molecule has 0 spiro atoms. The zero-order valence-corrected chi connectivity index (χ0v) is 12.3. The minimum absolute atomic E-state index is 0.165. The van der Waals surface area contributed by atoms with Gasteiger partial charge in [-0.1, -0.05) is 30.3 Å². The van der Waals surface area contributed by atoms with Crippen LogP contribution >= 0.6 is 15.9 Å². The number of rotatable bonds is 2. The quantitative estimate of drug-likeness (QED) is 0.778. The van der Waals surface area contributed by atoms with Gasteiger partial charge in [-0.3, -0.25) is 4.79 Å². The molecule has 0 aliphatic heterocycles. The molecule has 1 N–H and O–H groups in total. The Kier molecular flexibility index (Phi) is 3.28. The highest BCUT2D eigenvalue weighted by Gasteiger charge is 2.12. The highest BCUT2D eigenvalue weighted by Crippen LogP contribution is 2.24. The molecule has 0 amide bonds. The molecule has 100 valence electrons. The van der Waals surface area contributed by atoms with E-state index in [9.17, 15) is 4.79 Å². The molecule has 0 saturated heterocycles. The Bertz CT molecular complexity index is 806. The monoisotopic (exact) mass is 330 g/mol. The smallest absolute Gasteiger partial charge is 0.254 e. The van der Waals surface area contributed by atoms with Gasteiger partial charge in [0.15, 0.2) is 16.3 Å².